The van der Waals surface area contributed by atoms with Crippen molar-refractivity contribution < 1.29 is 19.1 Å². The van der Waals surface area contributed by atoms with Crippen molar-refractivity contribution in [3.8, 4) is 0 Å². The lowest BCUT2D eigenvalue weighted by Crippen LogP contribution is -2.44. The molecular weight excluding hydrogens is 444 g/mol. The second-order valence-electron chi connectivity index (χ2n) is 9.30. The summed E-state index contributed by atoms with van der Waals surface area (Å²) < 4.78 is 12.1. The summed E-state index contributed by atoms with van der Waals surface area (Å²) in [5, 5.41) is 10.6. The number of fused-ring (bicyclic) bond motifs is 2. The first-order valence-corrected chi connectivity index (χ1v) is 11.6. The molecule has 3 aromatic heterocycles. The van der Waals surface area contributed by atoms with Gasteiger partial charge in [0.15, 0.2) is 5.82 Å². The van der Waals surface area contributed by atoms with Crippen molar-refractivity contribution in [2.45, 2.75) is 66.2 Å². The Morgan fingerprint density at radius 2 is 1.94 bits per heavy atom. The van der Waals surface area contributed by atoms with Crippen molar-refractivity contribution in [2.75, 3.05) is 11.9 Å². The predicted octanol–water partition coefficient (Wildman–Crippen LogP) is 4.93. The zero-order chi connectivity index (χ0) is 24.1. The molecule has 33 heavy (non-hydrogen) atoms. The Morgan fingerprint density at radius 3 is 2.61 bits per heavy atom. The number of carbonyl (C=O) groups is 2. The molecule has 0 saturated carbocycles. The second kappa shape index (κ2) is 7.98. The molecule has 1 aliphatic heterocycles. The van der Waals surface area contributed by atoms with Crippen molar-refractivity contribution in [1.82, 2.24) is 24.6 Å². The zero-order valence-electron chi connectivity index (χ0n) is 19.8. The monoisotopic (exact) mass is 472 g/mol. The van der Waals surface area contributed by atoms with Gasteiger partial charge in [-0.3, -0.25) is 4.90 Å². The number of rotatable bonds is 3. The molecule has 0 spiro atoms. The van der Waals surface area contributed by atoms with Crippen LogP contribution in [0.2, 0.25) is 0 Å². The van der Waals surface area contributed by atoms with E-state index in [1.54, 1.807) is 11.8 Å². The second-order valence-corrected chi connectivity index (χ2v) is 10.2. The van der Waals surface area contributed by atoms with E-state index in [9.17, 15) is 9.59 Å². The molecule has 11 heteroatoms. The Hall–Kier alpha value is -3.21. The van der Waals surface area contributed by atoms with Crippen LogP contribution in [0.25, 0.3) is 10.2 Å². The Balaban J connectivity index is 1.80. The van der Waals surface area contributed by atoms with E-state index >= 15 is 0 Å². The maximum Gasteiger partial charge on any atom is 0.435 e. The molecule has 4 rings (SSSR count). The van der Waals surface area contributed by atoms with E-state index in [0.717, 1.165) is 10.2 Å². The molecule has 0 bridgehead atoms. The number of aryl methyl sites for hydroxylation is 1. The molecule has 0 radical (unpaired) electrons. The quantitative estimate of drug-likeness (QED) is 0.571. The molecular formula is C22H28N6O4S. The van der Waals surface area contributed by atoms with E-state index < -0.39 is 23.3 Å². The zero-order valence-corrected chi connectivity index (χ0v) is 20.7. The van der Waals surface area contributed by atoms with Crippen LogP contribution in [0.3, 0.4) is 0 Å². The number of ether oxygens (including phenoxy) is 2. The third kappa shape index (κ3) is 4.12. The molecule has 1 aliphatic rings. The molecule has 1 N–H and O–H groups in total. The smallest absolute Gasteiger partial charge is 0.435 e. The van der Waals surface area contributed by atoms with Crippen LogP contribution in [0, 0.1) is 6.92 Å². The van der Waals surface area contributed by atoms with Gasteiger partial charge in [-0.2, -0.15) is 4.68 Å². The summed E-state index contributed by atoms with van der Waals surface area (Å²) in [6.45, 7) is 13.1. The summed E-state index contributed by atoms with van der Waals surface area (Å²) in [5.74, 6) is 1.64. The van der Waals surface area contributed by atoms with Crippen LogP contribution >= 0.6 is 11.3 Å². The molecule has 3 aromatic rings. The highest BCUT2D eigenvalue weighted by Crippen LogP contribution is 2.43. The Bertz CT molecular complexity index is 1240. The summed E-state index contributed by atoms with van der Waals surface area (Å²) in [6, 6.07) is 1.93. The number of aromatic nitrogens is 4. The maximum atomic E-state index is 13.0. The van der Waals surface area contributed by atoms with Gasteiger partial charge in [0.05, 0.1) is 29.8 Å². The molecule has 0 saturated heterocycles. The average Bonchev–Trinajstić information content (AvgIpc) is 3.35. The summed E-state index contributed by atoms with van der Waals surface area (Å²) >= 11 is 1.52. The van der Waals surface area contributed by atoms with Crippen LogP contribution < -0.4 is 5.32 Å². The van der Waals surface area contributed by atoms with Crippen LogP contribution in [0.4, 0.5) is 21.2 Å². The Kier molecular flexibility index (Phi) is 5.55. The van der Waals surface area contributed by atoms with E-state index in [-0.39, 0.29) is 13.2 Å². The number of amides is 1. The number of nitrogens with one attached hydrogen (secondary N) is 1. The van der Waals surface area contributed by atoms with Crippen molar-refractivity contribution in [1.29, 1.82) is 0 Å². The third-order valence-corrected chi connectivity index (χ3v) is 6.09. The van der Waals surface area contributed by atoms with E-state index in [1.807, 2.05) is 53.0 Å². The van der Waals surface area contributed by atoms with Crippen molar-refractivity contribution in [3.05, 3.63) is 28.5 Å². The van der Waals surface area contributed by atoms with Crippen LogP contribution in [-0.4, -0.2) is 49.0 Å². The summed E-state index contributed by atoms with van der Waals surface area (Å²) in [4.78, 5) is 37.2. The van der Waals surface area contributed by atoms with Gasteiger partial charge in [0.2, 0.25) is 0 Å². The van der Waals surface area contributed by atoms with Gasteiger partial charge >= 0.3 is 12.2 Å². The fourth-order valence-electron chi connectivity index (χ4n) is 3.91. The third-order valence-electron chi connectivity index (χ3n) is 5.28. The number of anilines is 2. The highest BCUT2D eigenvalue weighted by Gasteiger charge is 2.48. The largest absolute Gasteiger partial charge is 0.448 e. The summed E-state index contributed by atoms with van der Waals surface area (Å²) in [7, 11) is 0. The predicted molar refractivity (Wildman–Crippen MR) is 125 cm³/mol. The van der Waals surface area contributed by atoms with Gasteiger partial charge in [-0.25, -0.2) is 19.6 Å². The van der Waals surface area contributed by atoms with Gasteiger partial charge in [-0.15, -0.1) is 16.4 Å². The highest BCUT2D eigenvalue weighted by molar-refractivity contribution is 7.16. The van der Waals surface area contributed by atoms with E-state index in [1.165, 1.54) is 16.0 Å². The van der Waals surface area contributed by atoms with E-state index in [0.29, 0.717) is 28.7 Å². The molecule has 0 aromatic carbocycles. The van der Waals surface area contributed by atoms with Crippen LogP contribution in [-0.2, 0) is 21.6 Å². The van der Waals surface area contributed by atoms with Crippen LogP contribution in [0.5, 0.6) is 0 Å². The fourth-order valence-corrected chi connectivity index (χ4v) is 4.72. The number of carbonyl (C=O) groups excluding carboxylic acids is 2. The first-order chi connectivity index (χ1) is 15.4. The van der Waals surface area contributed by atoms with Crippen molar-refractivity contribution in [3.63, 3.8) is 0 Å². The van der Waals surface area contributed by atoms with Crippen molar-refractivity contribution in [2.24, 2.45) is 0 Å². The SMILES string of the molecule is CCOC(=O)n1nc(Nc2nc(C)nc3sccc23)c2c1C(C)(C)N(C(=O)OC(C)(C)C)C2. The maximum absolute atomic E-state index is 13.0. The summed E-state index contributed by atoms with van der Waals surface area (Å²) in [6.07, 6.45) is -1.08. The van der Waals surface area contributed by atoms with Gasteiger partial charge in [0.25, 0.3) is 0 Å². The van der Waals surface area contributed by atoms with Gasteiger partial charge in [0.1, 0.15) is 22.1 Å². The Labute approximate surface area is 195 Å². The minimum atomic E-state index is -0.864. The summed E-state index contributed by atoms with van der Waals surface area (Å²) in [5.41, 5.74) is -0.240. The average molecular weight is 473 g/mol. The van der Waals surface area contributed by atoms with Crippen molar-refractivity contribution >= 4 is 45.4 Å². The number of hydrogen-bond acceptors (Lipinski definition) is 9. The molecule has 0 atom stereocenters. The Morgan fingerprint density at radius 1 is 1.21 bits per heavy atom. The molecule has 10 nitrogen and oxygen atoms in total. The molecule has 4 heterocycles. The van der Waals surface area contributed by atoms with Gasteiger partial charge in [-0.1, -0.05) is 0 Å². The lowest BCUT2D eigenvalue weighted by atomic mass is 10.0. The van der Waals surface area contributed by atoms with Gasteiger partial charge in [0, 0.05) is 5.56 Å². The molecule has 0 fully saturated rings. The molecule has 1 amide bonds. The molecule has 176 valence electrons. The van der Waals surface area contributed by atoms with Crippen LogP contribution in [0.1, 0.15) is 58.6 Å². The highest BCUT2D eigenvalue weighted by atomic mass is 32.1. The van der Waals surface area contributed by atoms with Gasteiger partial charge in [-0.05, 0) is 59.9 Å². The minimum absolute atomic E-state index is 0.201. The topological polar surface area (TPSA) is 111 Å². The number of thiophene rings is 1. The standard InChI is InChI=1S/C22H28N6O4S/c1-8-31-20(30)28-15-14(11-27(22(15,6)7)19(29)32-21(3,4)5)17(26-28)25-16-13-9-10-33-18(13)24-12(2)23-16/h9-10H,8,11H2,1-7H3,(H,23,24,25,26). The lowest BCUT2D eigenvalue weighted by molar-refractivity contribution is 0.00388. The normalized spacial score (nSPS) is 14.9. The molecule has 0 unspecified atom stereocenters. The molecule has 0 aliphatic carbocycles. The van der Waals surface area contributed by atoms with Gasteiger partial charge < -0.3 is 14.8 Å². The number of nitrogens with zero attached hydrogens (tertiary/aromatic N) is 5. The first kappa shape index (κ1) is 23.0. The fraction of sp³-hybridized carbons (Fsp3) is 0.500. The minimum Gasteiger partial charge on any atom is -0.448 e. The number of hydrogen-bond donors (Lipinski definition) is 1. The van der Waals surface area contributed by atoms with E-state index in [2.05, 4.69) is 20.4 Å². The van der Waals surface area contributed by atoms with Crippen LogP contribution in [0.15, 0.2) is 11.4 Å². The lowest BCUT2D eigenvalue weighted by Gasteiger charge is -2.34. The first-order valence-electron chi connectivity index (χ1n) is 10.7. The van der Waals surface area contributed by atoms with E-state index in [4.69, 9.17) is 9.47 Å².